The predicted molar refractivity (Wildman–Crippen MR) is 78.3 cm³/mol. The smallest absolute Gasteiger partial charge is 0.0725 e. The van der Waals surface area contributed by atoms with Gasteiger partial charge in [-0.2, -0.15) is 0 Å². The van der Waals surface area contributed by atoms with Crippen molar-refractivity contribution in [2.24, 2.45) is 5.92 Å². The fourth-order valence-electron chi connectivity index (χ4n) is 2.94. The Kier molecular flexibility index (Phi) is 3.38. The topological polar surface area (TPSA) is 45.1 Å². The minimum absolute atomic E-state index is 0.0947. The van der Waals surface area contributed by atoms with Gasteiger partial charge in [-0.25, -0.2) is 0 Å². The molecule has 1 aliphatic rings. The van der Waals surface area contributed by atoms with Gasteiger partial charge in [0.05, 0.1) is 11.6 Å². The zero-order valence-corrected chi connectivity index (χ0v) is 11.3. The van der Waals surface area contributed by atoms with Gasteiger partial charge in [-0.3, -0.25) is 4.98 Å². The molecule has 0 aliphatic heterocycles. The number of pyridine rings is 1. The van der Waals surface area contributed by atoms with E-state index >= 15 is 0 Å². The molecular weight excluding hydrogens is 236 g/mol. The number of hydrogen-bond donors (Lipinski definition) is 2. The molecule has 2 unspecified atom stereocenters. The molecule has 1 aliphatic carbocycles. The number of nitrogens with zero attached hydrogens (tertiary/aromatic N) is 1. The number of anilines is 1. The van der Waals surface area contributed by atoms with Crippen molar-refractivity contribution in [2.45, 2.75) is 32.3 Å². The lowest BCUT2D eigenvalue weighted by atomic mass is 10.1. The summed E-state index contributed by atoms with van der Waals surface area (Å²) in [6, 6.07) is 10.3. The highest BCUT2D eigenvalue weighted by Gasteiger charge is 2.22. The standard InChI is InChI=1S/C16H20N2O/c1-11-8-16(14-4-2-3-5-15(14)18-11)17-10-12-6-7-13(19)9-12/h2-5,8,12-13,19H,6-7,9-10H2,1H3,(H,17,18). The van der Waals surface area contributed by atoms with Crippen LogP contribution in [0.5, 0.6) is 0 Å². The van der Waals surface area contributed by atoms with Gasteiger partial charge in [0.2, 0.25) is 0 Å². The van der Waals surface area contributed by atoms with Gasteiger partial charge in [0, 0.05) is 23.3 Å². The third-order valence-corrected chi connectivity index (χ3v) is 3.94. The summed E-state index contributed by atoms with van der Waals surface area (Å²) in [5.74, 6) is 0.585. The van der Waals surface area contributed by atoms with Crippen molar-refractivity contribution in [1.82, 2.24) is 4.98 Å². The molecule has 0 spiro atoms. The zero-order chi connectivity index (χ0) is 13.2. The van der Waals surface area contributed by atoms with Crippen LogP contribution in [0.4, 0.5) is 5.69 Å². The molecule has 19 heavy (non-hydrogen) atoms. The highest BCUT2D eigenvalue weighted by molar-refractivity contribution is 5.91. The summed E-state index contributed by atoms with van der Waals surface area (Å²) in [4.78, 5) is 4.55. The molecule has 2 atom stereocenters. The van der Waals surface area contributed by atoms with Gasteiger partial charge in [-0.15, -0.1) is 0 Å². The van der Waals surface area contributed by atoms with Gasteiger partial charge in [0.15, 0.2) is 0 Å². The van der Waals surface area contributed by atoms with Crippen LogP contribution < -0.4 is 5.32 Å². The molecule has 100 valence electrons. The summed E-state index contributed by atoms with van der Waals surface area (Å²) in [6.45, 7) is 2.96. The van der Waals surface area contributed by atoms with Crippen LogP contribution in [0.3, 0.4) is 0 Å². The molecule has 0 amide bonds. The normalized spacial score (nSPS) is 22.8. The van der Waals surface area contributed by atoms with E-state index < -0.39 is 0 Å². The van der Waals surface area contributed by atoms with Crippen molar-refractivity contribution in [2.75, 3.05) is 11.9 Å². The third kappa shape index (κ3) is 2.71. The third-order valence-electron chi connectivity index (χ3n) is 3.94. The van der Waals surface area contributed by atoms with Gasteiger partial charge in [-0.1, -0.05) is 18.2 Å². The number of aromatic nitrogens is 1. The first-order valence-electron chi connectivity index (χ1n) is 7.00. The number of hydrogen-bond acceptors (Lipinski definition) is 3. The van der Waals surface area contributed by atoms with E-state index in [1.54, 1.807) is 0 Å². The van der Waals surface area contributed by atoms with Gasteiger partial charge >= 0.3 is 0 Å². The van der Waals surface area contributed by atoms with Gasteiger partial charge in [0.25, 0.3) is 0 Å². The van der Waals surface area contributed by atoms with E-state index in [1.807, 2.05) is 25.1 Å². The van der Waals surface area contributed by atoms with Crippen molar-refractivity contribution in [3.8, 4) is 0 Å². The maximum atomic E-state index is 9.57. The van der Waals surface area contributed by atoms with Crippen LogP contribution in [0.25, 0.3) is 10.9 Å². The van der Waals surface area contributed by atoms with Crippen molar-refractivity contribution >= 4 is 16.6 Å². The first kappa shape index (κ1) is 12.4. The van der Waals surface area contributed by atoms with Crippen LogP contribution in [-0.4, -0.2) is 22.7 Å². The summed E-state index contributed by atoms with van der Waals surface area (Å²) in [6.07, 6.45) is 2.90. The zero-order valence-electron chi connectivity index (χ0n) is 11.3. The van der Waals surface area contributed by atoms with E-state index in [9.17, 15) is 5.11 Å². The maximum Gasteiger partial charge on any atom is 0.0725 e. The number of para-hydroxylation sites is 1. The fraction of sp³-hybridized carbons (Fsp3) is 0.438. The molecule has 2 N–H and O–H groups in total. The minimum atomic E-state index is -0.0947. The molecular formula is C16H20N2O. The predicted octanol–water partition coefficient (Wildman–Crippen LogP) is 3.12. The monoisotopic (exact) mass is 256 g/mol. The van der Waals surface area contributed by atoms with Crippen molar-refractivity contribution < 1.29 is 5.11 Å². The maximum absolute atomic E-state index is 9.57. The Morgan fingerprint density at radius 3 is 2.95 bits per heavy atom. The average molecular weight is 256 g/mol. The van der Waals surface area contributed by atoms with Crippen molar-refractivity contribution in [3.63, 3.8) is 0 Å². The summed E-state index contributed by atoms with van der Waals surface area (Å²) >= 11 is 0. The molecule has 3 rings (SSSR count). The largest absolute Gasteiger partial charge is 0.393 e. The molecule has 0 bridgehead atoms. The number of aliphatic hydroxyl groups is 1. The fourth-order valence-corrected chi connectivity index (χ4v) is 2.94. The van der Waals surface area contributed by atoms with E-state index in [2.05, 4.69) is 22.4 Å². The van der Waals surface area contributed by atoms with E-state index in [4.69, 9.17) is 0 Å². The molecule has 3 nitrogen and oxygen atoms in total. The summed E-state index contributed by atoms with van der Waals surface area (Å²) in [5.41, 5.74) is 3.23. The Morgan fingerprint density at radius 2 is 2.16 bits per heavy atom. The average Bonchev–Trinajstić information content (AvgIpc) is 2.81. The molecule has 2 aromatic rings. The highest BCUT2D eigenvalue weighted by atomic mass is 16.3. The van der Waals surface area contributed by atoms with E-state index in [0.717, 1.165) is 42.7 Å². The molecule has 0 radical (unpaired) electrons. The molecule has 0 saturated heterocycles. The van der Waals surface area contributed by atoms with Crippen LogP contribution in [0.15, 0.2) is 30.3 Å². The van der Waals surface area contributed by atoms with Crippen LogP contribution in [0.1, 0.15) is 25.0 Å². The van der Waals surface area contributed by atoms with Crippen LogP contribution in [-0.2, 0) is 0 Å². The summed E-state index contributed by atoms with van der Waals surface area (Å²) < 4.78 is 0. The minimum Gasteiger partial charge on any atom is -0.393 e. The summed E-state index contributed by atoms with van der Waals surface area (Å²) in [7, 11) is 0. The number of nitrogens with one attached hydrogen (secondary N) is 1. The lowest BCUT2D eigenvalue weighted by molar-refractivity contribution is 0.178. The molecule has 1 fully saturated rings. The first-order valence-corrected chi connectivity index (χ1v) is 7.00. The molecule has 1 aromatic carbocycles. The van der Waals surface area contributed by atoms with E-state index in [-0.39, 0.29) is 6.10 Å². The van der Waals surface area contributed by atoms with Gasteiger partial charge in [0.1, 0.15) is 0 Å². The molecule has 1 aromatic heterocycles. The quantitative estimate of drug-likeness (QED) is 0.887. The van der Waals surface area contributed by atoms with Crippen molar-refractivity contribution in [3.05, 3.63) is 36.0 Å². The number of rotatable bonds is 3. The molecule has 1 heterocycles. The van der Waals surface area contributed by atoms with Gasteiger partial charge in [-0.05, 0) is 44.2 Å². The van der Waals surface area contributed by atoms with Crippen LogP contribution in [0.2, 0.25) is 0 Å². The molecule has 3 heteroatoms. The molecule has 1 saturated carbocycles. The second-order valence-electron chi connectivity index (χ2n) is 5.54. The first-order chi connectivity index (χ1) is 9.22. The Hall–Kier alpha value is -1.61. The Morgan fingerprint density at radius 1 is 1.32 bits per heavy atom. The Balaban J connectivity index is 1.80. The Labute approximate surface area is 113 Å². The number of aryl methyl sites for hydroxylation is 1. The lowest BCUT2D eigenvalue weighted by Crippen LogP contribution is -2.13. The van der Waals surface area contributed by atoms with E-state index in [0.29, 0.717) is 5.92 Å². The summed E-state index contributed by atoms with van der Waals surface area (Å²) in [5, 5.41) is 14.3. The van der Waals surface area contributed by atoms with E-state index in [1.165, 1.54) is 5.39 Å². The highest BCUT2D eigenvalue weighted by Crippen LogP contribution is 2.27. The number of aliphatic hydroxyl groups excluding tert-OH is 1. The van der Waals surface area contributed by atoms with Crippen LogP contribution >= 0.6 is 0 Å². The number of fused-ring (bicyclic) bond motifs is 1. The number of benzene rings is 1. The second kappa shape index (κ2) is 5.17. The lowest BCUT2D eigenvalue weighted by Gasteiger charge is -2.14. The van der Waals surface area contributed by atoms with Crippen molar-refractivity contribution in [1.29, 1.82) is 0 Å². The van der Waals surface area contributed by atoms with Gasteiger partial charge < -0.3 is 10.4 Å². The van der Waals surface area contributed by atoms with Crippen LogP contribution in [0, 0.1) is 12.8 Å². The Bertz CT molecular complexity index is 582. The SMILES string of the molecule is Cc1cc(NCC2CCC(O)C2)c2ccccc2n1. The second-order valence-corrected chi connectivity index (χ2v) is 5.54.